The van der Waals surface area contributed by atoms with Crippen LogP contribution in [0.2, 0.25) is 0 Å². The molecule has 2 aromatic rings. The molecule has 0 radical (unpaired) electrons. The Morgan fingerprint density at radius 1 is 0.967 bits per heavy atom. The Morgan fingerprint density at radius 3 is 2.40 bits per heavy atom. The second kappa shape index (κ2) is 9.85. The highest BCUT2D eigenvalue weighted by Crippen LogP contribution is 2.20. The number of carbonyl (C=O) groups excluding carboxylic acids is 2. The van der Waals surface area contributed by atoms with Crippen molar-refractivity contribution in [1.29, 1.82) is 0 Å². The summed E-state index contributed by atoms with van der Waals surface area (Å²) in [5.41, 5.74) is -0.171. The van der Waals surface area contributed by atoms with Crippen LogP contribution in [0.4, 0.5) is 36.8 Å². The van der Waals surface area contributed by atoms with Crippen molar-refractivity contribution in [3.63, 3.8) is 0 Å². The van der Waals surface area contributed by atoms with E-state index in [1.165, 1.54) is 24.3 Å². The second-order valence-corrected chi connectivity index (χ2v) is 5.86. The first-order valence-corrected chi connectivity index (χ1v) is 8.28. The normalized spacial score (nSPS) is 11.0. The van der Waals surface area contributed by atoms with Crippen LogP contribution < -0.4 is 20.7 Å². The van der Waals surface area contributed by atoms with Crippen molar-refractivity contribution in [2.45, 2.75) is 12.7 Å². The van der Waals surface area contributed by atoms with E-state index in [0.717, 1.165) is 6.07 Å². The quantitative estimate of drug-likeness (QED) is 0.460. The number of ether oxygens (including phenoxy) is 1. The van der Waals surface area contributed by atoms with E-state index in [4.69, 9.17) is 0 Å². The Balaban J connectivity index is 1.78. The predicted molar refractivity (Wildman–Crippen MR) is 93.2 cm³/mol. The van der Waals surface area contributed by atoms with Crippen molar-refractivity contribution in [3.8, 4) is 5.75 Å². The molecule has 2 aromatic carbocycles. The van der Waals surface area contributed by atoms with Crippen molar-refractivity contribution >= 4 is 17.6 Å². The van der Waals surface area contributed by atoms with Crippen LogP contribution in [0.25, 0.3) is 0 Å². The number of hydrogen-bond donors (Lipinski definition) is 3. The molecule has 3 N–H and O–H groups in total. The number of carbonyl (C=O) groups is 2. The molecule has 30 heavy (non-hydrogen) atoms. The van der Waals surface area contributed by atoms with Crippen molar-refractivity contribution in [2.75, 3.05) is 18.5 Å². The van der Waals surface area contributed by atoms with Gasteiger partial charge in [0.1, 0.15) is 5.75 Å². The molecule has 0 saturated heterocycles. The van der Waals surface area contributed by atoms with Gasteiger partial charge >= 0.3 is 12.2 Å². The summed E-state index contributed by atoms with van der Waals surface area (Å²) in [5.74, 6) is -5.70. The molecule has 0 aliphatic carbocycles. The van der Waals surface area contributed by atoms with E-state index in [-0.39, 0.29) is 12.3 Å². The van der Waals surface area contributed by atoms with Crippen LogP contribution in [0.15, 0.2) is 36.4 Å². The van der Waals surface area contributed by atoms with Gasteiger partial charge in [-0.25, -0.2) is 18.0 Å². The van der Waals surface area contributed by atoms with E-state index < -0.39 is 54.4 Å². The van der Waals surface area contributed by atoms with Gasteiger partial charge in [0.25, 0.3) is 0 Å². The first-order chi connectivity index (χ1) is 14.0. The van der Waals surface area contributed by atoms with Gasteiger partial charge in [-0.2, -0.15) is 13.2 Å². The van der Waals surface area contributed by atoms with E-state index in [2.05, 4.69) is 15.4 Å². The lowest BCUT2D eigenvalue weighted by Crippen LogP contribution is -2.39. The number of benzene rings is 2. The van der Waals surface area contributed by atoms with Gasteiger partial charge in [-0.1, -0.05) is 12.1 Å². The summed E-state index contributed by atoms with van der Waals surface area (Å²) in [6.07, 6.45) is -4.49. The molecule has 0 fully saturated rings. The molecular weight excluding hydrogens is 420 g/mol. The van der Waals surface area contributed by atoms with Gasteiger partial charge in [-0.3, -0.25) is 4.79 Å². The molecule has 12 heteroatoms. The fourth-order valence-corrected chi connectivity index (χ4v) is 2.13. The molecule has 0 unspecified atom stereocenters. The van der Waals surface area contributed by atoms with E-state index >= 15 is 0 Å². The predicted octanol–water partition coefficient (Wildman–Crippen LogP) is 3.48. The Bertz CT molecular complexity index is 921. The highest BCUT2D eigenvalue weighted by Gasteiger charge is 2.28. The third-order valence-corrected chi connectivity index (χ3v) is 3.47. The van der Waals surface area contributed by atoms with Gasteiger partial charge < -0.3 is 20.7 Å². The average Bonchev–Trinajstić information content (AvgIpc) is 2.69. The summed E-state index contributed by atoms with van der Waals surface area (Å²) in [6.45, 7) is -2.16. The Labute approximate surface area is 166 Å². The van der Waals surface area contributed by atoms with Gasteiger partial charge in [0.15, 0.2) is 24.1 Å². The van der Waals surface area contributed by atoms with Crippen LogP contribution in [-0.4, -0.2) is 31.3 Å². The van der Waals surface area contributed by atoms with E-state index in [0.29, 0.717) is 11.6 Å². The number of rotatable bonds is 7. The van der Waals surface area contributed by atoms with Crippen molar-refractivity contribution in [2.24, 2.45) is 0 Å². The van der Waals surface area contributed by atoms with Crippen LogP contribution in [-0.2, 0) is 11.3 Å². The van der Waals surface area contributed by atoms with Crippen LogP contribution in [0.3, 0.4) is 0 Å². The van der Waals surface area contributed by atoms with Crippen LogP contribution >= 0.6 is 0 Å². The van der Waals surface area contributed by atoms with Crippen molar-refractivity contribution in [1.82, 2.24) is 10.6 Å². The summed E-state index contributed by atoms with van der Waals surface area (Å²) < 4.78 is 80.5. The molecule has 3 amide bonds. The molecule has 0 atom stereocenters. The molecule has 0 aliphatic heterocycles. The fourth-order valence-electron chi connectivity index (χ4n) is 2.13. The number of hydrogen-bond acceptors (Lipinski definition) is 3. The fraction of sp³-hybridized carbons (Fsp3) is 0.222. The third kappa shape index (κ3) is 7.18. The summed E-state index contributed by atoms with van der Waals surface area (Å²) in [7, 11) is 0. The van der Waals surface area contributed by atoms with Gasteiger partial charge in [0.05, 0.1) is 12.2 Å². The number of amides is 3. The minimum atomic E-state index is -4.49. The maximum Gasteiger partial charge on any atom is 0.422 e. The lowest BCUT2D eigenvalue weighted by Gasteiger charge is -2.11. The van der Waals surface area contributed by atoms with Crippen LogP contribution in [0.5, 0.6) is 5.75 Å². The standard InChI is InChI=1S/C18H15F6N3O3/c19-12-4-5-13(16(21)15(12)20)27-14(28)8-26-17(29)25-7-10-2-1-3-11(6-10)30-9-18(22,23)24/h1-6H,7-9H2,(H,27,28)(H2,25,26,29). The van der Waals surface area contributed by atoms with Gasteiger partial charge in [0.2, 0.25) is 5.91 Å². The zero-order chi connectivity index (χ0) is 22.3. The zero-order valence-electron chi connectivity index (χ0n) is 15.1. The maximum atomic E-state index is 13.5. The van der Waals surface area contributed by atoms with E-state index in [9.17, 15) is 35.9 Å². The SMILES string of the molecule is O=C(CNC(=O)NCc1cccc(OCC(F)(F)F)c1)Nc1ccc(F)c(F)c1F. The first kappa shape index (κ1) is 22.8. The van der Waals surface area contributed by atoms with Gasteiger partial charge in [0, 0.05) is 6.54 Å². The average molecular weight is 435 g/mol. The lowest BCUT2D eigenvalue weighted by atomic mass is 10.2. The molecule has 6 nitrogen and oxygen atoms in total. The first-order valence-electron chi connectivity index (χ1n) is 8.28. The number of halogens is 6. The molecule has 0 saturated carbocycles. The smallest absolute Gasteiger partial charge is 0.422 e. The minimum absolute atomic E-state index is 0.0417. The minimum Gasteiger partial charge on any atom is -0.484 e. The van der Waals surface area contributed by atoms with Crippen molar-refractivity contribution in [3.05, 3.63) is 59.4 Å². The molecule has 162 valence electrons. The van der Waals surface area contributed by atoms with Crippen LogP contribution in [0, 0.1) is 17.5 Å². The van der Waals surface area contributed by atoms with Crippen molar-refractivity contribution < 1.29 is 40.7 Å². The number of anilines is 1. The Hall–Kier alpha value is -3.44. The number of urea groups is 1. The molecule has 0 spiro atoms. The number of nitrogens with one attached hydrogen (secondary N) is 3. The maximum absolute atomic E-state index is 13.5. The van der Waals surface area contributed by atoms with Gasteiger partial charge in [-0.05, 0) is 29.8 Å². The molecule has 0 bridgehead atoms. The topological polar surface area (TPSA) is 79.5 Å². The second-order valence-electron chi connectivity index (χ2n) is 5.86. The Kier molecular flexibility index (Phi) is 7.50. The summed E-state index contributed by atoms with van der Waals surface area (Å²) in [5, 5.41) is 6.47. The molecule has 0 aromatic heterocycles. The monoisotopic (exact) mass is 435 g/mol. The van der Waals surface area contributed by atoms with Gasteiger partial charge in [-0.15, -0.1) is 0 Å². The summed E-state index contributed by atoms with van der Waals surface area (Å²) in [4.78, 5) is 23.4. The Morgan fingerprint density at radius 2 is 1.70 bits per heavy atom. The van der Waals surface area contributed by atoms with E-state index in [1.807, 2.05) is 5.32 Å². The highest BCUT2D eigenvalue weighted by atomic mass is 19.4. The number of alkyl halides is 3. The molecule has 0 heterocycles. The van der Waals surface area contributed by atoms with Crippen LogP contribution in [0.1, 0.15) is 5.56 Å². The molecular formula is C18H15F6N3O3. The third-order valence-electron chi connectivity index (χ3n) is 3.47. The zero-order valence-corrected chi connectivity index (χ0v) is 15.1. The summed E-state index contributed by atoms with van der Waals surface area (Å²) in [6, 6.07) is 6.21. The largest absolute Gasteiger partial charge is 0.484 e. The lowest BCUT2D eigenvalue weighted by molar-refractivity contribution is -0.153. The summed E-state index contributed by atoms with van der Waals surface area (Å²) >= 11 is 0. The molecule has 0 aliphatic rings. The highest BCUT2D eigenvalue weighted by molar-refractivity contribution is 5.94. The molecule has 2 rings (SSSR count). The van der Waals surface area contributed by atoms with E-state index in [1.54, 1.807) is 0 Å².